The number of pyridine rings is 1. The predicted molar refractivity (Wildman–Crippen MR) is 168 cm³/mol. The average molecular weight is 591 g/mol. The molecule has 41 heavy (non-hydrogen) atoms. The van der Waals surface area contributed by atoms with Crippen LogP contribution in [0.2, 0.25) is 5.02 Å². The van der Waals surface area contributed by atoms with E-state index in [1.54, 1.807) is 17.7 Å². The summed E-state index contributed by atoms with van der Waals surface area (Å²) in [7, 11) is 1.63. The van der Waals surface area contributed by atoms with Crippen LogP contribution in [0.1, 0.15) is 49.7 Å². The molecule has 1 aliphatic carbocycles. The second-order valence-electron chi connectivity index (χ2n) is 10.5. The monoisotopic (exact) mass is 590 g/mol. The molecular formula is C32H35ClN4O3S. The lowest BCUT2D eigenvalue weighted by atomic mass is 9.92. The number of allylic oxidation sites excluding steroid dienone is 4. The van der Waals surface area contributed by atoms with Crippen molar-refractivity contribution in [2.75, 3.05) is 33.3 Å². The number of methoxy groups -OCH3 is 1. The van der Waals surface area contributed by atoms with Gasteiger partial charge in [0, 0.05) is 59.8 Å². The molecule has 0 radical (unpaired) electrons. The van der Waals surface area contributed by atoms with Crippen LogP contribution >= 0.6 is 22.9 Å². The van der Waals surface area contributed by atoms with Crippen molar-refractivity contribution in [3.05, 3.63) is 85.8 Å². The number of halogens is 1. The summed E-state index contributed by atoms with van der Waals surface area (Å²) in [4.78, 5) is 35.4. The molecular weight excluding hydrogens is 556 g/mol. The normalized spacial score (nSPS) is 17.1. The Morgan fingerprint density at radius 3 is 2.61 bits per heavy atom. The van der Waals surface area contributed by atoms with Crippen LogP contribution in [0.3, 0.4) is 0 Å². The van der Waals surface area contributed by atoms with Crippen LogP contribution in [0, 0.1) is 5.92 Å². The van der Waals surface area contributed by atoms with Gasteiger partial charge >= 0.3 is 0 Å². The molecule has 9 heteroatoms. The molecule has 1 saturated heterocycles. The van der Waals surface area contributed by atoms with E-state index in [2.05, 4.69) is 18.3 Å². The molecule has 1 aromatic carbocycles. The molecule has 7 nitrogen and oxygen atoms in total. The van der Waals surface area contributed by atoms with Gasteiger partial charge < -0.3 is 15.0 Å². The lowest BCUT2D eigenvalue weighted by Crippen LogP contribution is -2.47. The number of benzene rings is 1. The maximum absolute atomic E-state index is 14.5. The number of nitrogens with one attached hydrogen (secondary N) is 1. The Bertz CT molecular complexity index is 1590. The van der Waals surface area contributed by atoms with Crippen LogP contribution in [0.4, 0.5) is 0 Å². The number of hydrogen-bond acceptors (Lipinski definition) is 6. The summed E-state index contributed by atoms with van der Waals surface area (Å²) in [5.41, 5.74) is 4.78. The lowest BCUT2D eigenvalue weighted by Gasteiger charge is -2.30. The number of aromatic nitrogens is 2. The van der Waals surface area contributed by atoms with Gasteiger partial charge in [0.15, 0.2) is 0 Å². The van der Waals surface area contributed by atoms with Crippen molar-refractivity contribution < 1.29 is 9.53 Å². The van der Waals surface area contributed by atoms with Crippen molar-refractivity contribution in [3.63, 3.8) is 0 Å². The van der Waals surface area contributed by atoms with Gasteiger partial charge in [-0.1, -0.05) is 36.2 Å². The van der Waals surface area contributed by atoms with Crippen molar-refractivity contribution in [3.8, 4) is 21.8 Å². The van der Waals surface area contributed by atoms with E-state index in [-0.39, 0.29) is 17.4 Å². The second-order valence-corrected chi connectivity index (χ2v) is 11.8. The van der Waals surface area contributed by atoms with Gasteiger partial charge in [-0.05, 0) is 57.0 Å². The third-order valence-corrected chi connectivity index (χ3v) is 8.60. The third-order valence-electron chi connectivity index (χ3n) is 7.47. The zero-order valence-corrected chi connectivity index (χ0v) is 25.4. The first kappa shape index (κ1) is 29.0. The maximum Gasteiger partial charge on any atom is 0.265 e. The highest BCUT2D eigenvalue weighted by Gasteiger charge is 2.29. The van der Waals surface area contributed by atoms with E-state index in [4.69, 9.17) is 21.3 Å². The van der Waals surface area contributed by atoms with Gasteiger partial charge in [0.25, 0.3) is 11.5 Å². The number of piperazine rings is 1. The molecule has 1 aliphatic heterocycles. The predicted octanol–water partition coefficient (Wildman–Crippen LogP) is 6.56. The molecule has 2 aliphatic rings. The van der Waals surface area contributed by atoms with Gasteiger partial charge in [-0.15, -0.1) is 11.3 Å². The highest BCUT2D eigenvalue weighted by molar-refractivity contribution is 7.13. The number of amides is 1. The van der Waals surface area contributed by atoms with Crippen molar-refractivity contribution in [1.82, 2.24) is 19.8 Å². The van der Waals surface area contributed by atoms with Crippen LogP contribution in [-0.4, -0.2) is 53.6 Å². The lowest BCUT2D eigenvalue weighted by molar-refractivity contribution is 0.0735. The molecule has 1 fully saturated rings. The summed E-state index contributed by atoms with van der Waals surface area (Å²) in [6.45, 7) is 8.76. The molecule has 1 atom stereocenters. The number of carbonyl (C=O) groups is 1. The van der Waals surface area contributed by atoms with Gasteiger partial charge in [-0.25, -0.2) is 4.98 Å². The van der Waals surface area contributed by atoms with E-state index < -0.39 is 0 Å². The zero-order chi connectivity index (χ0) is 29.1. The van der Waals surface area contributed by atoms with Gasteiger partial charge in [0.05, 0.1) is 29.6 Å². The van der Waals surface area contributed by atoms with Crippen molar-refractivity contribution in [2.45, 2.75) is 33.6 Å². The molecule has 0 spiro atoms. The third kappa shape index (κ3) is 6.10. The SMILES string of the molecule is CCC1CC=C(OC)C=C1n1c(C=C(C)C)c(C(=O)N2CCNCC2)cc(-c2nc(-c3ccc(Cl)cc3)cs2)c1=O. The van der Waals surface area contributed by atoms with Crippen LogP contribution in [0.5, 0.6) is 0 Å². The van der Waals surface area contributed by atoms with Gasteiger partial charge in [0.2, 0.25) is 0 Å². The number of hydrogen-bond donors (Lipinski definition) is 1. The molecule has 1 amide bonds. The van der Waals surface area contributed by atoms with Crippen LogP contribution < -0.4 is 10.9 Å². The number of nitrogens with zero attached hydrogens (tertiary/aromatic N) is 3. The molecule has 2 aromatic heterocycles. The minimum atomic E-state index is -0.201. The van der Waals surface area contributed by atoms with E-state index in [1.807, 2.05) is 60.5 Å². The maximum atomic E-state index is 14.5. The van der Waals surface area contributed by atoms with Crippen LogP contribution in [0.25, 0.3) is 33.6 Å². The van der Waals surface area contributed by atoms with E-state index >= 15 is 0 Å². The fourth-order valence-corrected chi connectivity index (χ4v) is 6.25. The fourth-order valence-electron chi connectivity index (χ4n) is 5.28. The van der Waals surface area contributed by atoms with Crippen molar-refractivity contribution in [1.29, 1.82) is 0 Å². The van der Waals surface area contributed by atoms with Gasteiger partial charge in [0.1, 0.15) is 10.8 Å². The van der Waals surface area contributed by atoms with Gasteiger partial charge in [-0.3, -0.25) is 14.2 Å². The summed E-state index contributed by atoms with van der Waals surface area (Å²) >= 11 is 7.49. The number of rotatable bonds is 7. The smallest absolute Gasteiger partial charge is 0.265 e. The summed E-state index contributed by atoms with van der Waals surface area (Å²) in [5.74, 6) is 0.712. The zero-order valence-electron chi connectivity index (χ0n) is 23.9. The Kier molecular flexibility index (Phi) is 8.92. The first-order chi connectivity index (χ1) is 19.8. The van der Waals surface area contributed by atoms with E-state index in [1.165, 1.54) is 11.3 Å². The molecule has 1 N–H and O–H groups in total. The molecule has 3 heterocycles. The fraction of sp³-hybridized carbons (Fsp3) is 0.344. The molecule has 214 valence electrons. The summed E-state index contributed by atoms with van der Waals surface area (Å²) in [6.07, 6.45) is 7.52. The van der Waals surface area contributed by atoms with Crippen LogP contribution in [0.15, 0.2) is 64.0 Å². The van der Waals surface area contributed by atoms with Crippen LogP contribution in [-0.2, 0) is 4.74 Å². The first-order valence-electron chi connectivity index (χ1n) is 13.9. The number of thiazole rings is 1. The Labute approximate surface area is 249 Å². The molecule has 0 saturated carbocycles. The summed E-state index contributed by atoms with van der Waals surface area (Å²) in [5, 5.41) is 6.47. The quantitative estimate of drug-likeness (QED) is 0.337. The summed E-state index contributed by atoms with van der Waals surface area (Å²) in [6, 6.07) is 9.22. The van der Waals surface area contributed by atoms with E-state index in [0.717, 1.165) is 48.5 Å². The Morgan fingerprint density at radius 2 is 1.95 bits per heavy atom. The minimum absolute atomic E-state index is 0.0876. The molecule has 1 unspecified atom stereocenters. The largest absolute Gasteiger partial charge is 0.497 e. The molecule has 0 bridgehead atoms. The minimum Gasteiger partial charge on any atom is -0.497 e. The Hall–Kier alpha value is -3.46. The average Bonchev–Trinajstić information content (AvgIpc) is 3.47. The van der Waals surface area contributed by atoms with Crippen molar-refractivity contribution >= 4 is 40.6 Å². The number of carbonyl (C=O) groups excluding carboxylic acids is 1. The standard InChI is InChI=1S/C32H35ClN4O3S/c1-5-21-8-11-24(40-4)17-28(21)37-29(16-20(2)3)25(31(38)36-14-12-34-13-15-36)18-26(32(37)39)30-35-27(19-41-30)22-6-9-23(33)10-7-22/h6-7,9-11,16-19,21,34H,5,8,12-15H2,1-4H3. The Morgan fingerprint density at radius 1 is 1.22 bits per heavy atom. The van der Waals surface area contributed by atoms with E-state index in [9.17, 15) is 9.59 Å². The van der Waals surface area contributed by atoms with E-state index in [0.29, 0.717) is 45.7 Å². The molecule has 5 rings (SSSR count). The highest BCUT2D eigenvalue weighted by Crippen LogP contribution is 2.35. The first-order valence-corrected chi connectivity index (χ1v) is 15.2. The van der Waals surface area contributed by atoms with Gasteiger partial charge in [-0.2, -0.15) is 0 Å². The second kappa shape index (κ2) is 12.6. The Balaban J connectivity index is 1.77. The molecule has 3 aromatic rings. The number of ether oxygens (including phenoxy) is 1. The van der Waals surface area contributed by atoms with Crippen molar-refractivity contribution in [2.24, 2.45) is 5.92 Å². The highest BCUT2D eigenvalue weighted by atomic mass is 35.5. The topological polar surface area (TPSA) is 76.5 Å². The summed E-state index contributed by atoms with van der Waals surface area (Å²) < 4.78 is 7.33.